The predicted molar refractivity (Wildman–Crippen MR) is 113 cm³/mol. The first-order chi connectivity index (χ1) is 14.4. The summed E-state index contributed by atoms with van der Waals surface area (Å²) in [6, 6.07) is 16.6. The van der Waals surface area contributed by atoms with Crippen LogP contribution in [0.2, 0.25) is 0 Å². The number of anilines is 1. The summed E-state index contributed by atoms with van der Waals surface area (Å²) in [6.07, 6.45) is 2.73. The van der Waals surface area contributed by atoms with Crippen molar-refractivity contribution in [3.05, 3.63) is 71.5 Å². The molecule has 2 aliphatic heterocycles. The van der Waals surface area contributed by atoms with E-state index in [1.54, 1.807) is 6.20 Å². The van der Waals surface area contributed by atoms with Crippen molar-refractivity contribution in [1.29, 1.82) is 0 Å². The fourth-order valence-electron chi connectivity index (χ4n) is 4.08. The monoisotopic (exact) mass is 387 g/mol. The van der Waals surface area contributed by atoms with Crippen LogP contribution in [-0.2, 0) is 24.2 Å². The van der Waals surface area contributed by atoms with Crippen LogP contribution in [0.25, 0.3) is 11.5 Å². The molecule has 6 heteroatoms. The maximum absolute atomic E-state index is 5.57. The number of benzene rings is 1. The number of morpholine rings is 1. The second-order valence-corrected chi connectivity index (χ2v) is 7.56. The van der Waals surface area contributed by atoms with Crippen LogP contribution in [0.5, 0.6) is 0 Å². The number of fused-ring (bicyclic) bond motifs is 1. The van der Waals surface area contributed by atoms with E-state index in [1.807, 2.05) is 18.2 Å². The van der Waals surface area contributed by atoms with Gasteiger partial charge in [0.2, 0.25) is 0 Å². The SMILES string of the molecule is c1ccc(CN2CCc3nc(-c4ccccn4)nc(N4CCOCC4)c3C2)cc1. The van der Waals surface area contributed by atoms with Gasteiger partial charge in [0, 0.05) is 50.9 Å². The fourth-order valence-corrected chi connectivity index (χ4v) is 4.08. The van der Waals surface area contributed by atoms with Crippen LogP contribution in [0.1, 0.15) is 16.8 Å². The van der Waals surface area contributed by atoms with Crippen LogP contribution in [-0.4, -0.2) is 52.7 Å². The molecule has 4 heterocycles. The maximum atomic E-state index is 5.57. The molecule has 2 aliphatic rings. The zero-order valence-electron chi connectivity index (χ0n) is 16.5. The second kappa shape index (κ2) is 8.27. The van der Waals surface area contributed by atoms with Gasteiger partial charge in [0.05, 0.1) is 18.9 Å². The molecule has 0 spiro atoms. The van der Waals surface area contributed by atoms with Gasteiger partial charge in [-0.05, 0) is 17.7 Å². The molecule has 148 valence electrons. The molecule has 1 fully saturated rings. The van der Waals surface area contributed by atoms with Gasteiger partial charge in [-0.1, -0.05) is 36.4 Å². The first kappa shape index (κ1) is 18.2. The number of nitrogens with zero attached hydrogens (tertiary/aromatic N) is 5. The van der Waals surface area contributed by atoms with Crippen LogP contribution in [0.3, 0.4) is 0 Å². The number of hydrogen-bond acceptors (Lipinski definition) is 6. The summed E-state index contributed by atoms with van der Waals surface area (Å²) < 4.78 is 5.57. The van der Waals surface area contributed by atoms with E-state index in [2.05, 4.69) is 45.1 Å². The Bertz CT molecular complexity index is 958. The average molecular weight is 387 g/mol. The van der Waals surface area contributed by atoms with Crippen molar-refractivity contribution in [3.8, 4) is 11.5 Å². The van der Waals surface area contributed by atoms with Crippen molar-refractivity contribution >= 4 is 5.82 Å². The molecule has 6 nitrogen and oxygen atoms in total. The molecule has 3 aromatic rings. The average Bonchev–Trinajstić information content (AvgIpc) is 2.80. The highest BCUT2D eigenvalue weighted by Crippen LogP contribution is 2.30. The van der Waals surface area contributed by atoms with E-state index in [-0.39, 0.29) is 0 Å². The van der Waals surface area contributed by atoms with Gasteiger partial charge in [-0.25, -0.2) is 9.97 Å². The van der Waals surface area contributed by atoms with E-state index in [9.17, 15) is 0 Å². The molecule has 0 unspecified atom stereocenters. The van der Waals surface area contributed by atoms with Gasteiger partial charge in [-0.15, -0.1) is 0 Å². The Balaban J connectivity index is 1.49. The Morgan fingerprint density at radius 2 is 1.72 bits per heavy atom. The Kier molecular flexibility index (Phi) is 5.19. The highest BCUT2D eigenvalue weighted by Gasteiger charge is 2.26. The minimum absolute atomic E-state index is 0.724. The standard InChI is InChI=1S/C23H25N5O/c1-2-6-18(7-3-1)16-27-11-9-20-19(17-27)23(28-12-14-29-15-13-28)26-22(25-20)21-8-4-5-10-24-21/h1-8,10H,9,11-17H2. The molecule has 0 atom stereocenters. The van der Waals surface area contributed by atoms with Gasteiger partial charge in [0.15, 0.2) is 5.82 Å². The lowest BCUT2D eigenvalue weighted by Gasteiger charge is -2.34. The summed E-state index contributed by atoms with van der Waals surface area (Å²) in [6.45, 7) is 6.04. The molecule has 0 aliphatic carbocycles. The van der Waals surface area contributed by atoms with Crippen molar-refractivity contribution in [3.63, 3.8) is 0 Å². The highest BCUT2D eigenvalue weighted by molar-refractivity contribution is 5.58. The number of aromatic nitrogens is 3. The van der Waals surface area contributed by atoms with Gasteiger partial charge in [-0.2, -0.15) is 0 Å². The maximum Gasteiger partial charge on any atom is 0.180 e. The number of pyridine rings is 1. The van der Waals surface area contributed by atoms with Crippen LogP contribution < -0.4 is 4.90 Å². The highest BCUT2D eigenvalue weighted by atomic mass is 16.5. The van der Waals surface area contributed by atoms with Crippen molar-refractivity contribution in [1.82, 2.24) is 19.9 Å². The third kappa shape index (κ3) is 3.99. The molecule has 0 N–H and O–H groups in total. The van der Waals surface area contributed by atoms with Crippen LogP contribution >= 0.6 is 0 Å². The second-order valence-electron chi connectivity index (χ2n) is 7.56. The number of rotatable bonds is 4. The molecule has 0 amide bonds. The van der Waals surface area contributed by atoms with Crippen molar-refractivity contribution < 1.29 is 4.74 Å². The number of hydrogen-bond donors (Lipinski definition) is 0. The van der Waals surface area contributed by atoms with Crippen molar-refractivity contribution in [2.75, 3.05) is 37.7 Å². The Morgan fingerprint density at radius 1 is 0.897 bits per heavy atom. The fraction of sp³-hybridized carbons (Fsp3) is 0.348. The van der Waals surface area contributed by atoms with Gasteiger partial charge in [-0.3, -0.25) is 9.88 Å². The molecule has 0 radical (unpaired) electrons. The zero-order valence-corrected chi connectivity index (χ0v) is 16.5. The van der Waals surface area contributed by atoms with Gasteiger partial charge in [0.1, 0.15) is 11.5 Å². The summed E-state index contributed by atoms with van der Waals surface area (Å²) in [5.41, 5.74) is 4.59. The Hall–Kier alpha value is -2.83. The lowest BCUT2D eigenvalue weighted by molar-refractivity contribution is 0.122. The normalized spacial score (nSPS) is 17.2. The van der Waals surface area contributed by atoms with E-state index < -0.39 is 0 Å². The molecule has 2 aromatic heterocycles. The van der Waals surface area contributed by atoms with E-state index in [1.165, 1.54) is 11.1 Å². The van der Waals surface area contributed by atoms with Gasteiger partial charge < -0.3 is 9.64 Å². The van der Waals surface area contributed by atoms with E-state index >= 15 is 0 Å². The molecule has 1 aromatic carbocycles. The number of ether oxygens (including phenoxy) is 1. The molecular formula is C23H25N5O. The van der Waals surface area contributed by atoms with Crippen LogP contribution in [0.4, 0.5) is 5.82 Å². The summed E-state index contributed by atoms with van der Waals surface area (Å²) in [4.78, 5) is 19.2. The largest absolute Gasteiger partial charge is 0.378 e. The lowest BCUT2D eigenvalue weighted by atomic mass is 10.0. The first-order valence-electron chi connectivity index (χ1n) is 10.3. The molecule has 0 bridgehead atoms. The minimum Gasteiger partial charge on any atom is -0.378 e. The van der Waals surface area contributed by atoms with E-state index in [0.29, 0.717) is 0 Å². The van der Waals surface area contributed by atoms with Crippen LogP contribution in [0, 0.1) is 0 Å². The Labute approximate surface area is 171 Å². The molecule has 5 rings (SSSR count). The zero-order chi connectivity index (χ0) is 19.5. The molecular weight excluding hydrogens is 362 g/mol. The third-order valence-electron chi connectivity index (χ3n) is 5.57. The third-order valence-corrected chi connectivity index (χ3v) is 5.57. The lowest BCUT2D eigenvalue weighted by Crippen LogP contribution is -2.39. The molecule has 29 heavy (non-hydrogen) atoms. The summed E-state index contributed by atoms with van der Waals surface area (Å²) in [7, 11) is 0. The topological polar surface area (TPSA) is 54.4 Å². The first-order valence-corrected chi connectivity index (χ1v) is 10.3. The predicted octanol–water partition coefficient (Wildman–Crippen LogP) is 2.93. The Morgan fingerprint density at radius 3 is 2.52 bits per heavy atom. The smallest absolute Gasteiger partial charge is 0.180 e. The quantitative estimate of drug-likeness (QED) is 0.686. The van der Waals surface area contributed by atoms with Gasteiger partial charge >= 0.3 is 0 Å². The van der Waals surface area contributed by atoms with Crippen LogP contribution in [0.15, 0.2) is 54.7 Å². The summed E-state index contributed by atoms with van der Waals surface area (Å²) in [5.74, 6) is 1.78. The summed E-state index contributed by atoms with van der Waals surface area (Å²) >= 11 is 0. The summed E-state index contributed by atoms with van der Waals surface area (Å²) in [5, 5.41) is 0. The van der Waals surface area contributed by atoms with E-state index in [4.69, 9.17) is 14.7 Å². The van der Waals surface area contributed by atoms with Gasteiger partial charge in [0.25, 0.3) is 0 Å². The minimum atomic E-state index is 0.724. The van der Waals surface area contributed by atoms with Crippen molar-refractivity contribution in [2.45, 2.75) is 19.5 Å². The van der Waals surface area contributed by atoms with E-state index in [0.717, 1.165) is 75.4 Å². The molecule has 0 saturated carbocycles. The molecule has 1 saturated heterocycles. The van der Waals surface area contributed by atoms with Crippen molar-refractivity contribution in [2.24, 2.45) is 0 Å².